The summed E-state index contributed by atoms with van der Waals surface area (Å²) in [6.45, 7) is 1.75. The molecule has 1 heterocycles. The van der Waals surface area contributed by atoms with Crippen LogP contribution < -0.4 is 5.32 Å². The Bertz CT molecular complexity index is 712. The molecule has 0 saturated carbocycles. The zero-order valence-corrected chi connectivity index (χ0v) is 12.2. The summed E-state index contributed by atoms with van der Waals surface area (Å²) in [5, 5.41) is 3.02. The quantitative estimate of drug-likeness (QED) is 0.800. The first-order valence-electron chi connectivity index (χ1n) is 7.06. The molecule has 2 aromatic carbocycles. The van der Waals surface area contributed by atoms with Crippen LogP contribution in [0.25, 0.3) is 0 Å². The molecule has 0 atom stereocenters. The van der Waals surface area contributed by atoms with Gasteiger partial charge < -0.3 is 9.73 Å². The van der Waals surface area contributed by atoms with E-state index in [1.807, 2.05) is 60.7 Å². The smallest absolute Gasteiger partial charge is 0.289 e. The van der Waals surface area contributed by atoms with Gasteiger partial charge in [-0.25, -0.2) is 4.98 Å². The number of carbonyl (C=O) groups excluding carboxylic acids is 1. The topological polar surface area (TPSA) is 55.1 Å². The average molecular weight is 292 g/mol. The van der Waals surface area contributed by atoms with Crippen molar-refractivity contribution in [2.45, 2.75) is 13.0 Å². The monoisotopic (exact) mass is 292 g/mol. The van der Waals surface area contributed by atoms with E-state index in [1.165, 1.54) is 6.39 Å². The summed E-state index contributed by atoms with van der Waals surface area (Å²) >= 11 is 0. The molecule has 0 aliphatic heterocycles. The number of amides is 1. The first kappa shape index (κ1) is 14.1. The highest BCUT2D eigenvalue weighted by Gasteiger charge is 2.20. The summed E-state index contributed by atoms with van der Waals surface area (Å²) in [4.78, 5) is 16.4. The summed E-state index contributed by atoms with van der Waals surface area (Å²) < 4.78 is 5.18. The second kappa shape index (κ2) is 6.26. The van der Waals surface area contributed by atoms with Crippen LogP contribution in [-0.4, -0.2) is 10.9 Å². The van der Waals surface area contributed by atoms with Crippen LogP contribution in [-0.2, 0) is 0 Å². The van der Waals surface area contributed by atoms with Gasteiger partial charge in [0.2, 0.25) is 5.76 Å². The minimum atomic E-state index is -0.271. The molecule has 0 bridgehead atoms. The molecular weight excluding hydrogens is 276 g/mol. The lowest BCUT2D eigenvalue weighted by Gasteiger charge is -2.19. The van der Waals surface area contributed by atoms with Gasteiger partial charge in [-0.3, -0.25) is 4.79 Å². The summed E-state index contributed by atoms with van der Waals surface area (Å²) in [6.07, 6.45) is 1.28. The Hall–Kier alpha value is -2.88. The van der Waals surface area contributed by atoms with E-state index in [-0.39, 0.29) is 17.7 Å². The maximum atomic E-state index is 12.4. The van der Waals surface area contributed by atoms with E-state index in [4.69, 9.17) is 4.42 Å². The third kappa shape index (κ3) is 2.91. The Morgan fingerprint density at radius 3 is 2.00 bits per heavy atom. The van der Waals surface area contributed by atoms with Gasteiger partial charge in [-0.1, -0.05) is 60.7 Å². The molecule has 4 nitrogen and oxygen atoms in total. The maximum Gasteiger partial charge on any atom is 0.289 e. The molecule has 0 aliphatic carbocycles. The van der Waals surface area contributed by atoms with Crippen LogP contribution in [0.3, 0.4) is 0 Å². The SMILES string of the molecule is Cc1ncoc1C(=O)NC(c1ccccc1)c1ccccc1. The van der Waals surface area contributed by atoms with Gasteiger partial charge in [0.1, 0.15) is 0 Å². The van der Waals surface area contributed by atoms with Crippen molar-refractivity contribution in [2.75, 3.05) is 0 Å². The lowest BCUT2D eigenvalue weighted by atomic mass is 9.98. The first-order valence-corrected chi connectivity index (χ1v) is 7.06. The average Bonchev–Trinajstić information content (AvgIpc) is 3.00. The van der Waals surface area contributed by atoms with Crippen molar-refractivity contribution in [3.05, 3.63) is 89.6 Å². The Morgan fingerprint density at radius 1 is 1.00 bits per heavy atom. The second-order valence-electron chi connectivity index (χ2n) is 4.99. The fourth-order valence-corrected chi connectivity index (χ4v) is 2.37. The normalized spacial score (nSPS) is 10.6. The Balaban J connectivity index is 1.93. The Labute approximate surface area is 128 Å². The van der Waals surface area contributed by atoms with Gasteiger partial charge in [0.05, 0.1) is 11.7 Å². The predicted octanol–water partition coefficient (Wildman–Crippen LogP) is 3.50. The molecule has 0 fully saturated rings. The Morgan fingerprint density at radius 2 is 1.55 bits per heavy atom. The van der Waals surface area contributed by atoms with Crippen molar-refractivity contribution in [2.24, 2.45) is 0 Å². The third-order valence-electron chi connectivity index (χ3n) is 3.49. The van der Waals surface area contributed by atoms with Crippen molar-refractivity contribution in [3.63, 3.8) is 0 Å². The lowest BCUT2D eigenvalue weighted by molar-refractivity contribution is 0.0914. The highest BCUT2D eigenvalue weighted by molar-refractivity contribution is 5.92. The molecule has 0 spiro atoms. The van der Waals surface area contributed by atoms with E-state index < -0.39 is 0 Å². The first-order chi connectivity index (χ1) is 10.8. The van der Waals surface area contributed by atoms with Gasteiger partial charge in [0.25, 0.3) is 5.91 Å². The van der Waals surface area contributed by atoms with Gasteiger partial charge in [-0.2, -0.15) is 0 Å². The van der Waals surface area contributed by atoms with Gasteiger partial charge in [-0.15, -0.1) is 0 Å². The molecule has 3 rings (SSSR count). The summed E-state index contributed by atoms with van der Waals surface area (Å²) in [5.74, 6) is -0.0235. The third-order valence-corrected chi connectivity index (χ3v) is 3.49. The van der Waals surface area contributed by atoms with E-state index in [2.05, 4.69) is 10.3 Å². The number of benzene rings is 2. The predicted molar refractivity (Wildman–Crippen MR) is 83.4 cm³/mol. The molecule has 0 unspecified atom stereocenters. The fraction of sp³-hybridized carbons (Fsp3) is 0.111. The van der Waals surface area contributed by atoms with Crippen molar-refractivity contribution in [3.8, 4) is 0 Å². The molecule has 1 amide bonds. The molecule has 110 valence electrons. The lowest BCUT2D eigenvalue weighted by Crippen LogP contribution is -2.29. The molecule has 4 heteroatoms. The largest absolute Gasteiger partial charge is 0.438 e. The molecule has 0 radical (unpaired) electrons. The van der Waals surface area contributed by atoms with E-state index in [9.17, 15) is 4.79 Å². The van der Waals surface area contributed by atoms with Crippen LogP contribution >= 0.6 is 0 Å². The minimum absolute atomic E-state index is 0.237. The number of oxazole rings is 1. The molecule has 0 aliphatic rings. The van der Waals surface area contributed by atoms with Gasteiger partial charge in [0, 0.05) is 0 Å². The van der Waals surface area contributed by atoms with Crippen LogP contribution in [0, 0.1) is 6.92 Å². The van der Waals surface area contributed by atoms with Gasteiger partial charge in [0.15, 0.2) is 6.39 Å². The van der Waals surface area contributed by atoms with E-state index in [0.29, 0.717) is 5.69 Å². The zero-order valence-electron chi connectivity index (χ0n) is 12.2. The molecule has 3 aromatic rings. The van der Waals surface area contributed by atoms with E-state index in [0.717, 1.165) is 11.1 Å². The second-order valence-corrected chi connectivity index (χ2v) is 4.99. The van der Waals surface area contributed by atoms with Crippen LogP contribution in [0.4, 0.5) is 0 Å². The number of hydrogen-bond donors (Lipinski definition) is 1. The highest BCUT2D eigenvalue weighted by atomic mass is 16.3. The number of nitrogens with zero attached hydrogens (tertiary/aromatic N) is 1. The number of carbonyl (C=O) groups is 1. The Kier molecular flexibility index (Phi) is 4.01. The number of aryl methyl sites for hydroxylation is 1. The van der Waals surface area contributed by atoms with Crippen molar-refractivity contribution < 1.29 is 9.21 Å². The maximum absolute atomic E-state index is 12.4. The van der Waals surface area contributed by atoms with Crippen molar-refractivity contribution in [1.82, 2.24) is 10.3 Å². The highest BCUT2D eigenvalue weighted by Crippen LogP contribution is 2.22. The number of hydrogen-bond acceptors (Lipinski definition) is 3. The number of nitrogens with one attached hydrogen (secondary N) is 1. The van der Waals surface area contributed by atoms with Crippen molar-refractivity contribution in [1.29, 1.82) is 0 Å². The fourth-order valence-electron chi connectivity index (χ4n) is 2.37. The molecule has 0 saturated heterocycles. The van der Waals surface area contributed by atoms with Crippen LogP contribution in [0.15, 0.2) is 71.5 Å². The van der Waals surface area contributed by atoms with Crippen LogP contribution in [0.2, 0.25) is 0 Å². The van der Waals surface area contributed by atoms with Gasteiger partial charge in [-0.05, 0) is 18.1 Å². The summed E-state index contributed by atoms with van der Waals surface area (Å²) in [6, 6.07) is 19.5. The summed E-state index contributed by atoms with van der Waals surface area (Å²) in [7, 11) is 0. The standard InChI is InChI=1S/C18H16N2O2/c1-13-17(22-12-19-13)18(21)20-16(14-8-4-2-5-9-14)15-10-6-3-7-11-15/h2-12,16H,1H3,(H,20,21). The van der Waals surface area contributed by atoms with E-state index >= 15 is 0 Å². The molecular formula is C18H16N2O2. The molecule has 22 heavy (non-hydrogen) atoms. The number of rotatable bonds is 4. The number of aromatic nitrogens is 1. The minimum Gasteiger partial charge on any atom is -0.438 e. The van der Waals surface area contributed by atoms with Gasteiger partial charge >= 0.3 is 0 Å². The van der Waals surface area contributed by atoms with Crippen LogP contribution in [0.1, 0.15) is 33.4 Å². The molecule has 1 N–H and O–H groups in total. The van der Waals surface area contributed by atoms with Crippen molar-refractivity contribution >= 4 is 5.91 Å². The molecule has 1 aromatic heterocycles. The van der Waals surface area contributed by atoms with Crippen LogP contribution in [0.5, 0.6) is 0 Å². The van der Waals surface area contributed by atoms with E-state index in [1.54, 1.807) is 6.92 Å². The zero-order chi connectivity index (χ0) is 15.4. The summed E-state index contributed by atoms with van der Waals surface area (Å²) in [5.41, 5.74) is 2.61.